The summed E-state index contributed by atoms with van der Waals surface area (Å²) in [6.45, 7) is 0.0473. The summed E-state index contributed by atoms with van der Waals surface area (Å²) >= 11 is 3.13. The second kappa shape index (κ2) is 8.00. The number of anilines is 1. The van der Waals surface area contributed by atoms with Crippen LogP contribution in [0, 0.1) is 0 Å². The van der Waals surface area contributed by atoms with Crippen LogP contribution in [-0.2, 0) is 16.0 Å². The van der Waals surface area contributed by atoms with Gasteiger partial charge in [-0.15, -0.1) is 11.8 Å². The number of benzene rings is 1. The van der Waals surface area contributed by atoms with Gasteiger partial charge in [0, 0.05) is 11.9 Å². The molecular formula is C16H18N2O2S2. The topological polar surface area (TPSA) is 49.4 Å². The van der Waals surface area contributed by atoms with Crippen LogP contribution in [0.2, 0.25) is 0 Å². The van der Waals surface area contributed by atoms with Gasteiger partial charge in [0.1, 0.15) is 0 Å². The van der Waals surface area contributed by atoms with Gasteiger partial charge < -0.3 is 10.2 Å². The molecule has 0 aliphatic heterocycles. The van der Waals surface area contributed by atoms with E-state index < -0.39 is 0 Å². The predicted octanol–water partition coefficient (Wildman–Crippen LogP) is 3.11. The number of nitrogens with zero attached hydrogens (tertiary/aromatic N) is 1. The minimum atomic E-state index is -0.192. The Morgan fingerprint density at radius 3 is 2.73 bits per heavy atom. The molecular weight excluding hydrogens is 316 g/mol. The predicted molar refractivity (Wildman–Crippen MR) is 92.5 cm³/mol. The molecule has 0 aliphatic rings. The second-order valence-corrected chi connectivity index (χ2v) is 6.43. The fourth-order valence-corrected chi connectivity index (χ4v) is 3.17. The maximum Gasteiger partial charge on any atom is 0.244 e. The number of nitrogens with one attached hydrogen (secondary N) is 1. The summed E-state index contributed by atoms with van der Waals surface area (Å²) in [6.07, 6.45) is 2.29. The van der Waals surface area contributed by atoms with Crippen molar-refractivity contribution in [2.45, 2.75) is 11.3 Å². The number of para-hydroxylation sites is 1. The van der Waals surface area contributed by atoms with Gasteiger partial charge in [0.25, 0.3) is 0 Å². The van der Waals surface area contributed by atoms with Gasteiger partial charge in [-0.2, -0.15) is 11.3 Å². The van der Waals surface area contributed by atoms with E-state index in [0.717, 1.165) is 16.1 Å². The maximum absolute atomic E-state index is 12.1. The molecule has 116 valence electrons. The molecule has 0 saturated heterocycles. The van der Waals surface area contributed by atoms with Crippen LogP contribution in [0.3, 0.4) is 0 Å². The van der Waals surface area contributed by atoms with Crippen molar-refractivity contribution in [1.82, 2.24) is 4.90 Å². The molecule has 1 heterocycles. The second-order valence-electron chi connectivity index (χ2n) is 4.81. The highest BCUT2D eigenvalue weighted by molar-refractivity contribution is 7.98. The first-order chi connectivity index (χ1) is 10.6. The van der Waals surface area contributed by atoms with Crippen LogP contribution in [0.5, 0.6) is 0 Å². The fraction of sp³-hybridized carbons (Fsp3) is 0.250. The molecule has 6 heteroatoms. The number of likely N-dealkylation sites (N-methyl/N-ethyl adjacent to an activating group) is 1. The highest BCUT2D eigenvalue weighted by Crippen LogP contribution is 2.24. The Morgan fingerprint density at radius 1 is 1.27 bits per heavy atom. The van der Waals surface area contributed by atoms with Crippen molar-refractivity contribution in [1.29, 1.82) is 0 Å². The minimum absolute atomic E-state index is 0.0473. The van der Waals surface area contributed by atoms with Crippen LogP contribution < -0.4 is 5.32 Å². The Balaban J connectivity index is 1.89. The molecule has 22 heavy (non-hydrogen) atoms. The highest BCUT2D eigenvalue weighted by atomic mass is 32.2. The van der Waals surface area contributed by atoms with Crippen molar-refractivity contribution in [3.63, 3.8) is 0 Å². The number of amides is 2. The van der Waals surface area contributed by atoms with Crippen molar-refractivity contribution in [3.8, 4) is 0 Å². The maximum atomic E-state index is 12.1. The first-order valence-corrected chi connectivity index (χ1v) is 8.95. The molecule has 1 aromatic carbocycles. The summed E-state index contributed by atoms with van der Waals surface area (Å²) in [4.78, 5) is 26.6. The first kappa shape index (κ1) is 16.6. The standard InChI is InChI=1S/C16H18N2O2S2/c1-18(16(20)9-12-7-8-22-11-12)10-15(19)17-13-5-3-4-6-14(13)21-2/h3-8,11H,9-10H2,1-2H3,(H,17,19). The molecule has 0 unspecified atom stereocenters. The lowest BCUT2D eigenvalue weighted by molar-refractivity contribution is -0.132. The monoisotopic (exact) mass is 334 g/mol. The van der Waals surface area contributed by atoms with Crippen molar-refractivity contribution >= 4 is 40.6 Å². The van der Waals surface area contributed by atoms with Gasteiger partial charge in [0.2, 0.25) is 11.8 Å². The molecule has 0 saturated carbocycles. The zero-order chi connectivity index (χ0) is 15.9. The molecule has 1 aromatic heterocycles. The van der Waals surface area contributed by atoms with E-state index in [1.807, 2.05) is 47.3 Å². The van der Waals surface area contributed by atoms with Crippen LogP contribution in [0.15, 0.2) is 46.0 Å². The van der Waals surface area contributed by atoms with Crippen LogP contribution in [-0.4, -0.2) is 36.6 Å². The molecule has 0 fully saturated rings. The lowest BCUT2D eigenvalue weighted by Gasteiger charge is -2.17. The number of thiophene rings is 1. The third-order valence-electron chi connectivity index (χ3n) is 3.12. The first-order valence-electron chi connectivity index (χ1n) is 6.78. The van der Waals surface area contributed by atoms with Crippen LogP contribution >= 0.6 is 23.1 Å². The van der Waals surface area contributed by atoms with Gasteiger partial charge in [-0.25, -0.2) is 0 Å². The number of carbonyl (C=O) groups is 2. The Morgan fingerprint density at radius 2 is 2.05 bits per heavy atom. The lowest BCUT2D eigenvalue weighted by Crippen LogP contribution is -2.35. The quantitative estimate of drug-likeness (QED) is 0.826. The van der Waals surface area contributed by atoms with E-state index in [1.54, 1.807) is 30.1 Å². The average Bonchev–Trinajstić information content (AvgIpc) is 3.00. The van der Waals surface area contributed by atoms with E-state index in [0.29, 0.717) is 6.42 Å². The van der Waals surface area contributed by atoms with E-state index in [2.05, 4.69) is 5.32 Å². The van der Waals surface area contributed by atoms with Gasteiger partial charge in [-0.05, 0) is 40.8 Å². The van der Waals surface area contributed by atoms with E-state index in [9.17, 15) is 9.59 Å². The van der Waals surface area contributed by atoms with Gasteiger partial charge in [-0.1, -0.05) is 12.1 Å². The summed E-state index contributed by atoms with van der Waals surface area (Å²) in [6, 6.07) is 9.53. The molecule has 0 bridgehead atoms. The number of carbonyl (C=O) groups excluding carboxylic acids is 2. The third-order valence-corrected chi connectivity index (χ3v) is 4.65. The van der Waals surface area contributed by atoms with Crippen molar-refractivity contribution < 1.29 is 9.59 Å². The Bertz CT molecular complexity index is 641. The van der Waals surface area contributed by atoms with Gasteiger partial charge in [0.15, 0.2) is 0 Å². The number of hydrogen-bond acceptors (Lipinski definition) is 4. The molecule has 0 aliphatic carbocycles. The molecule has 0 spiro atoms. The average molecular weight is 334 g/mol. The summed E-state index contributed by atoms with van der Waals surface area (Å²) in [5.41, 5.74) is 1.76. The smallest absolute Gasteiger partial charge is 0.244 e. The zero-order valence-corrected chi connectivity index (χ0v) is 14.2. The molecule has 4 nitrogen and oxygen atoms in total. The molecule has 0 radical (unpaired) electrons. The van der Waals surface area contributed by atoms with Crippen molar-refractivity contribution in [2.24, 2.45) is 0 Å². The van der Waals surface area contributed by atoms with Crippen LogP contribution in [0.25, 0.3) is 0 Å². The van der Waals surface area contributed by atoms with Crippen molar-refractivity contribution in [2.75, 3.05) is 25.2 Å². The fourth-order valence-electron chi connectivity index (χ4n) is 1.94. The van der Waals surface area contributed by atoms with Crippen LogP contribution in [0.1, 0.15) is 5.56 Å². The lowest BCUT2D eigenvalue weighted by atomic mass is 10.2. The van der Waals surface area contributed by atoms with E-state index >= 15 is 0 Å². The highest BCUT2D eigenvalue weighted by Gasteiger charge is 2.14. The zero-order valence-electron chi connectivity index (χ0n) is 12.5. The Kier molecular flexibility index (Phi) is 6.03. The van der Waals surface area contributed by atoms with Crippen LogP contribution in [0.4, 0.5) is 5.69 Å². The molecule has 1 N–H and O–H groups in total. The van der Waals surface area contributed by atoms with Gasteiger partial charge >= 0.3 is 0 Å². The molecule has 2 amide bonds. The minimum Gasteiger partial charge on any atom is -0.336 e. The summed E-state index contributed by atoms with van der Waals surface area (Å²) < 4.78 is 0. The summed E-state index contributed by atoms with van der Waals surface area (Å²) in [5.74, 6) is -0.255. The van der Waals surface area contributed by atoms with E-state index in [-0.39, 0.29) is 18.4 Å². The molecule has 0 atom stereocenters. The number of rotatable bonds is 6. The normalized spacial score (nSPS) is 10.3. The number of hydrogen-bond donors (Lipinski definition) is 1. The van der Waals surface area contributed by atoms with Gasteiger partial charge in [0.05, 0.1) is 18.7 Å². The summed E-state index contributed by atoms with van der Waals surface area (Å²) in [7, 11) is 1.65. The van der Waals surface area contributed by atoms with Gasteiger partial charge in [-0.3, -0.25) is 9.59 Å². The Hall–Kier alpha value is -1.79. The summed E-state index contributed by atoms with van der Waals surface area (Å²) in [5, 5.41) is 6.74. The third kappa shape index (κ3) is 4.61. The molecule has 2 rings (SSSR count). The van der Waals surface area contributed by atoms with E-state index in [1.165, 1.54) is 4.90 Å². The Labute approximate surface area is 138 Å². The van der Waals surface area contributed by atoms with Crippen molar-refractivity contribution in [3.05, 3.63) is 46.7 Å². The number of thioether (sulfide) groups is 1. The van der Waals surface area contributed by atoms with E-state index in [4.69, 9.17) is 0 Å². The SMILES string of the molecule is CSc1ccccc1NC(=O)CN(C)C(=O)Cc1ccsc1. The molecule has 2 aromatic rings. The largest absolute Gasteiger partial charge is 0.336 e.